The maximum atomic E-state index is 9.11. The first kappa shape index (κ1) is 11.3. The zero-order valence-corrected chi connectivity index (χ0v) is 9.83. The molecule has 84 valence electrons. The van der Waals surface area contributed by atoms with Gasteiger partial charge in [-0.25, -0.2) is 0 Å². The second kappa shape index (κ2) is 5.24. The summed E-state index contributed by atoms with van der Waals surface area (Å²) in [6.45, 7) is 1.99. The van der Waals surface area contributed by atoms with Crippen molar-refractivity contribution in [3.05, 3.63) is 29.3 Å². The van der Waals surface area contributed by atoms with Crippen LogP contribution >= 0.6 is 11.8 Å². The highest BCUT2D eigenvalue weighted by Crippen LogP contribution is 2.24. The van der Waals surface area contributed by atoms with Crippen LogP contribution in [0.4, 0.5) is 5.69 Å². The standard InChI is InChI=1S/C12H14N2OS/c13-8-11-7-10(9-15)1-2-12(11)14-3-5-16-6-4-14/h1-2,7,15H,3-6,9H2. The van der Waals surface area contributed by atoms with Crippen molar-refractivity contribution in [1.82, 2.24) is 0 Å². The minimum Gasteiger partial charge on any atom is -0.392 e. The topological polar surface area (TPSA) is 47.3 Å². The second-order valence-electron chi connectivity index (χ2n) is 3.72. The predicted octanol–water partition coefficient (Wildman–Crippen LogP) is 1.60. The third-order valence-electron chi connectivity index (χ3n) is 2.72. The Kier molecular flexibility index (Phi) is 3.70. The van der Waals surface area contributed by atoms with E-state index in [0.29, 0.717) is 5.56 Å². The Balaban J connectivity index is 2.29. The van der Waals surface area contributed by atoms with Crippen LogP contribution in [0, 0.1) is 11.3 Å². The first-order valence-corrected chi connectivity index (χ1v) is 6.47. The van der Waals surface area contributed by atoms with Crippen LogP contribution in [0.15, 0.2) is 18.2 Å². The molecule has 1 N–H and O–H groups in total. The minimum absolute atomic E-state index is 0.00912. The maximum absolute atomic E-state index is 9.11. The van der Waals surface area contributed by atoms with Crippen LogP contribution in [0.5, 0.6) is 0 Å². The Hall–Kier alpha value is -1.18. The molecule has 1 aliphatic heterocycles. The summed E-state index contributed by atoms with van der Waals surface area (Å²) >= 11 is 1.95. The van der Waals surface area contributed by atoms with Crippen LogP contribution in [0.2, 0.25) is 0 Å². The summed E-state index contributed by atoms with van der Waals surface area (Å²) < 4.78 is 0. The number of anilines is 1. The summed E-state index contributed by atoms with van der Waals surface area (Å²) in [5.41, 5.74) is 2.46. The molecule has 0 aliphatic carbocycles. The van der Waals surface area contributed by atoms with Crippen molar-refractivity contribution in [3.63, 3.8) is 0 Å². The molecule has 0 saturated carbocycles. The lowest BCUT2D eigenvalue weighted by atomic mass is 10.1. The molecule has 4 heteroatoms. The molecule has 16 heavy (non-hydrogen) atoms. The second-order valence-corrected chi connectivity index (χ2v) is 4.95. The zero-order chi connectivity index (χ0) is 11.4. The van der Waals surface area contributed by atoms with Gasteiger partial charge in [0.2, 0.25) is 0 Å². The number of aliphatic hydroxyl groups is 1. The molecule has 0 unspecified atom stereocenters. The molecule has 0 radical (unpaired) electrons. The fourth-order valence-corrected chi connectivity index (χ4v) is 2.75. The largest absolute Gasteiger partial charge is 0.392 e. The van der Waals surface area contributed by atoms with Crippen LogP contribution in [0.25, 0.3) is 0 Å². The minimum atomic E-state index is -0.00912. The molecule has 1 heterocycles. The molecule has 0 aromatic heterocycles. The molecule has 3 nitrogen and oxygen atoms in total. The van der Waals surface area contributed by atoms with Crippen molar-refractivity contribution in [2.75, 3.05) is 29.5 Å². The Bertz CT molecular complexity index is 408. The molecule has 0 spiro atoms. The number of hydrogen-bond acceptors (Lipinski definition) is 4. The number of aliphatic hydroxyl groups excluding tert-OH is 1. The van der Waals surface area contributed by atoms with Gasteiger partial charge in [0.05, 0.1) is 17.9 Å². The number of nitriles is 1. The van der Waals surface area contributed by atoms with E-state index in [0.717, 1.165) is 35.8 Å². The molecular weight excluding hydrogens is 220 g/mol. The predicted molar refractivity (Wildman–Crippen MR) is 66.6 cm³/mol. The summed E-state index contributed by atoms with van der Waals surface area (Å²) in [5, 5.41) is 18.1. The van der Waals surface area contributed by atoms with Gasteiger partial charge >= 0.3 is 0 Å². The van der Waals surface area contributed by atoms with Crippen LogP contribution in [0.1, 0.15) is 11.1 Å². The number of rotatable bonds is 2. The van der Waals surface area contributed by atoms with Crippen molar-refractivity contribution in [3.8, 4) is 6.07 Å². The fraction of sp³-hybridized carbons (Fsp3) is 0.417. The monoisotopic (exact) mass is 234 g/mol. The molecular formula is C12H14N2OS. The third-order valence-corrected chi connectivity index (χ3v) is 3.66. The van der Waals surface area contributed by atoms with Crippen molar-refractivity contribution >= 4 is 17.4 Å². The Morgan fingerprint density at radius 2 is 2.12 bits per heavy atom. The first-order valence-electron chi connectivity index (χ1n) is 5.31. The Labute approximate surface area is 99.7 Å². The third kappa shape index (κ3) is 2.31. The van der Waals surface area contributed by atoms with Crippen LogP contribution in [0.3, 0.4) is 0 Å². The van der Waals surface area contributed by atoms with Crippen molar-refractivity contribution < 1.29 is 5.11 Å². The molecule has 1 saturated heterocycles. The average molecular weight is 234 g/mol. The highest BCUT2D eigenvalue weighted by molar-refractivity contribution is 7.99. The Morgan fingerprint density at radius 1 is 1.38 bits per heavy atom. The molecule has 1 aromatic rings. The van der Waals surface area contributed by atoms with E-state index in [1.54, 1.807) is 6.07 Å². The normalized spacial score (nSPS) is 15.9. The van der Waals surface area contributed by atoms with Crippen LogP contribution < -0.4 is 4.90 Å². The lowest BCUT2D eigenvalue weighted by molar-refractivity contribution is 0.282. The van der Waals surface area contributed by atoms with E-state index >= 15 is 0 Å². The highest BCUT2D eigenvalue weighted by atomic mass is 32.2. The fourth-order valence-electron chi connectivity index (χ4n) is 1.85. The maximum Gasteiger partial charge on any atom is 0.101 e. The average Bonchev–Trinajstić information content (AvgIpc) is 2.39. The van der Waals surface area contributed by atoms with E-state index in [9.17, 15) is 0 Å². The van der Waals surface area contributed by atoms with Crippen molar-refractivity contribution in [1.29, 1.82) is 5.26 Å². The van der Waals surface area contributed by atoms with Gasteiger partial charge in [0.15, 0.2) is 0 Å². The number of hydrogen-bond donors (Lipinski definition) is 1. The van der Waals surface area contributed by atoms with E-state index in [-0.39, 0.29) is 6.61 Å². The van der Waals surface area contributed by atoms with E-state index in [1.807, 2.05) is 23.9 Å². The van der Waals surface area contributed by atoms with E-state index in [2.05, 4.69) is 11.0 Å². The van der Waals surface area contributed by atoms with Gasteiger partial charge in [-0.05, 0) is 17.7 Å². The van der Waals surface area contributed by atoms with Gasteiger partial charge in [-0.2, -0.15) is 17.0 Å². The molecule has 1 aliphatic rings. The quantitative estimate of drug-likeness (QED) is 0.844. The number of nitrogens with zero attached hydrogens (tertiary/aromatic N) is 2. The van der Waals surface area contributed by atoms with Crippen molar-refractivity contribution in [2.24, 2.45) is 0 Å². The first-order chi connectivity index (χ1) is 7.85. The van der Waals surface area contributed by atoms with Crippen LogP contribution in [-0.4, -0.2) is 29.7 Å². The van der Waals surface area contributed by atoms with Gasteiger partial charge in [0.1, 0.15) is 6.07 Å². The molecule has 0 bridgehead atoms. The summed E-state index contributed by atoms with van der Waals surface area (Å²) in [5.74, 6) is 2.24. The number of benzene rings is 1. The molecule has 0 atom stereocenters. The van der Waals surface area contributed by atoms with Gasteiger partial charge in [0, 0.05) is 24.6 Å². The van der Waals surface area contributed by atoms with E-state index < -0.39 is 0 Å². The zero-order valence-electron chi connectivity index (χ0n) is 9.02. The SMILES string of the molecule is N#Cc1cc(CO)ccc1N1CCSCC1. The van der Waals surface area contributed by atoms with Gasteiger partial charge in [-0.15, -0.1) is 0 Å². The Morgan fingerprint density at radius 3 is 2.75 bits per heavy atom. The van der Waals surface area contributed by atoms with Gasteiger partial charge in [-0.3, -0.25) is 0 Å². The van der Waals surface area contributed by atoms with Gasteiger partial charge in [0.25, 0.3) is 0 Å². The van der Waals surface area contributed by atoms with Crippen LogP contribution in [-0.2, 0) is 6.61 Å². The lowest BCUT2D eigenvalue weighted by Crippen LogP contribution is -2.32. The van der Waals surface area contributed by atoms with E-state index in [4.69, 9.17) is 10.4 Å². The molecule has 2 rings (SSSR count). The smallest absolute Gasteiger partial charge is 0.101 e. The highest BCUT2D eigenvalue weighted by Gasteiger charge is 2.14. The summed E-state index contributed by atoms with van der Waals surface area (Å²) in [6.07, 6.45) is 0. The number of thioether (sulfide) groups is 1. The summed E-state index contributed by atoms with van der Waals surface area (Å²) in [6, 6.07) is 7.81. The molecule has 1 aromatic carbocycles. The van der Waals surface area contributed by atoms with Gasteiger partial charge in [-0.1, -0.05) is 6.07 Å². The summed E-state index contributed by atoms with van der Waals surface area (Å²) in [4.78, 5) is 2.25. The van der Waals surface area contributed by atoms with E-state index in [1.165, 1.54) is 0 Å². The molecule has 0 amide bonds. The van der Waals surface area contributed by atoms with Crippen molar-refractivity contribution in [2.45, 2.75) is 6.61 Å². The summed E-state index contributed by atoms with van der Waals surface area (Å²) in [7, 11) is 0. The van der Waals surface area contributed by atoms with Gasteiger partial charge < -0.3 is 10.0 Å². The molecule has 1 fully saturated rings. The lowest BCUT2D eigenvalue weighted by Gasteiger charge is -2.29.